The number of aromatic carboxylic acids is 1. The number of ether oxygens (including phenoxy) is 1. The molecule has 39 heavy (non-hydrogen) atoms. The van der Waals surface area contributed by atoms with Crippen molar-refractivity contribution in [1.82, 2.24) is 9.47 Å². The van der Waals surface area contributed by atoms with Crippen molar-refractivity contribution in [1.29, 1.82) is 0 Å². The maximum Gasteiger partial charge on any atom is 2.00 e. The third-order valence-corrected chi connectivity index (χ3v) is 5.87. The van der Waals surface area contributed by atoms with Crippen LogP contribution in [-0.4, -0.2) is 118 Å². The van der Waals surface area contributed by atoms with E-state index in [1.807, 2.05) is 18.9 Å². The number of carboxylic acids is 3. The standard InChI is InChI=1S/C18H20FN3O4.2C3H6O3.Mg/c1-10-9-26-17-14-11(16(23)12(18(24)25)8-22(10)14)7-13(19)15(17)21-5-3-20(2)4-6-21;2*1-2(4)3(5)6;/h7-8,10H,3-6,9H2,1-2H3,(H,24,25);2*2,4H,1H3,(H,5,6);/q;;;+2/p-2/t10-;;;/m0.../s1. The third-order valence-electron chi connectivity index (χ3n) is 5.87. The Morgan fingerprint density at radius 3 is 2.00 bits per heavy atom. The molecule has 15 heteroatoms. The second-order valence-corrected chi connectivity index (χ2v) is 8.96. The summed E-state index contributed by atoms with van der Waals surface area (Å²) in [5.41, 5.74) is -0.224. The maximum atomic E-state index is 15.0. The molecule has 2 unspecified atom stereocenters. The minimum absolute atomic E-state index is 0. The Balaban J connectivity index is 0.000000494. The predicted molar refractivity (Wildman–Crippen MR) is 134 cm³/mol. The van der Waals surface area contributed by atoms with Gasteiger partial charge in [-0.15, -0.1) is 0 Å². The summed E-state index contributed by atoms with van der Waals surface area (Å²) in [7, 11) is 2.02. The summed E-state index contributed by atoms with van der Waals surface area (Å²) in [5.74, 6) is -4.41. The zero-order chi connectivity index (χ0) is 28.9. The number of aliphatic carboxylic acids is 2. The predicted octanol–water partition coefficient (Wildman–Crippen LogP) is -2.60. The van der Waals surface area contributed by atoms with E-state index in [0.717, 1.165) is 33.0 Å². The molecule has 0 spiro atoms. The summed E-state index contributed by atoms with van der Waals surface area (Å²) < 4.78 is 22.6. The van der Waals surface area contributed by atoms with Gasteiger partial charge < -0.3 is 54.2 Å². The second kappa shape index (κ2) is 14.4. The van der Waals surface area contributed by atoms with E-state index in [1.54, 1.807) is 4.57 Å². The van der Waals surface area contributed by atoms with E-state index in [1.165, 1.54) is 6.20 Å². The molecule has 0 saturated carbocycles. The minimum Gasteiger partial charge on any atom is -0.547 e. The van der Waals surface area contributed by atoms with Gasteiger partial charge in [0.1, 0.15) is 17.9 Å². The Hall–Kier alpha value is -2.98. The monoisotopic (exact) mass is 563 g/mol. The van der Waals surface area contributed by atoms with Crippen LogP contribution < -0.4 is 25.3 Å². The third kappa shape index (κ3) is 8.25. The van der Waals surface area contributed by atoms with Crippen LogP contribution in [0.25, 0.3) is 10.9 Å². The average Bonchev–Trinajstić information content (AvgIpc) is 2.83. The van der Waals surface area contributed by atoms with Crippen LogP contribution in [0, 0.1) is 5.82 Å². The molecule has 0 radical (unpaired) electrons. The van der Waals surface area contributed by atoms with Crippen molar-refractivity contribution in [3.63, 3.8) is 0 Å². The van der Waals surface area contributed by atoms with E-state index >= 15 is 0 Å². The van der Waals surface area contributed by atoms with Gasteiger partial charge in [-0.25, -0.2) is 9.18 Å². The Kier molecular flexibility index (Phi) is 12.6. The molecular weight excluding hydrogens is 534 g/mol. The Morgan fingerprint density at radius 2 is 1.56 bits per heavy atom. The number of carbonyl (C=O) groups excluding carboxylic acids is 2. The number of carbonyl (C=O) groups is 3. The number of anilines is 1. The number of piperazine rings is 1. The van der Waals surface area contributed by atoms with Crippen LogP contribution in [0.1, 0.15) is 37.2 Å². The molecule has 0 amide bonds. The SMILES string of the molecule is CC(O)C(=O)[O-].CC(O)C(=O)[O-].C[C@H]1COc2c(N3CCN(C)CC3)c(F)cc3c(=O)c(C(=O)O)cn1c23.[Mg+2]. The second-order valence-electron chi connectivity index (χ2n) is 8.96. The van der Waals surface area contributed by atoms with Crippen molar-refractivity contribution >= 4 is 57.6 Å². The summed E-state index contributed by atoms with van der Waals surface area (Å²) in [6, 6.07) is 0.994. The average molecular weight is 564 g/mol. The summed E-state index contributed by atoms with van der Waals surface area (Å²) in [6.45, 7) is 7.34. The fourth-order valence-corrected chi connectivity index (χ4v) is 3.69. The number of rotatable bonds is 4. The Morgan fingerprint density at radius 1 is 1.08 bits per heavy atom. The van der Waals surface area contributed by atoms with Gasteiger partial charge in [0.15, 0.2) is 11.6 Å². The molecule has 2 aromatic rings. The largest absolute Gasteiger partial charge is 2.00 e. The summed E-state index contributed by atoms with van der Waals surface area (Å²) in [4.78, 5) is 46.8. The Labute approximate surface area is 239 Å². The molecule has 1 aromatic heterocycles. The van der Waals surface area contributed by atoms with E-state index in [2.05, 4.69) is 4.90 Å². The van der Waals surface area contributed by atoms with Gasteiger partial charge in [0.25, 0.3) is 0 Å². The van der Waals surface area contributed by atoms with Gasteiger partial charge in [-0.05, 0) is 33.9 Å². The quantitative estimate of drug-likeness (QED) is 0.329. The smallest absolute Gasteiger partial charge is 0.547 e. The number of aliphatic hydroxyl groups is 2. The number of hydrogen-bond donors (Lipinski definition) is 3. The topological polar surface area (TPSA) is 196 Å². The van der Waals surface area contributed by atoms with Crippen molar-refractivity contribution in [2.45, 2.75) is 39.0 Å². The molecule has 3 N–H and O–H groups in total. The van der Waals surface area contributed by atoms with Gasteiger partial charge in [0.05, 0.1) is 41.1 Å². The fraction of sp³-hybridized carbons (Fsp3) is 0.500. The van der Waals surface area contributed by atoms with Crippen LogP contribution in [0.2, 0.25) is 0 Å². The molecule has 1 aromatic carbocycles. The first kappa shape index (κ1) is 34.0. The van der Waals surface area contributed by atoms with Crippen molar-refractivity contribution < 1.29 is 49.0 Å². The molecule has 2 aliphatic heterocycles. The molecule has 1 saturated heterocycles. The number of aliphatic hydroxyl groups excluding tert-OH is 2. The first-order valence-electron chi connectivity index (χ1n) is 11.7. The van der Waals surface area contributed by atoms with Crippen LogP contribution in [0.5, 0.6) is 5.75 Å². The van der Waals surface area contributed by atoms with Gasteiger partial charge in [0.2, 0.25) is 5.43 Å². The molecule has 3 heterocycles. The number of benzene rings is 1. The number of likely N-dealkylation sites (N-methyl/N-ethyl adjacent to an activating group) is 1. The van der Waals surface area contributed by atoms with Crippen molar-refractivity contribution in [2.24, 2.45) is 0 Å². The summed E-state index contributed by atoms with van der Waals surface area (Å²) in [5, 5.41) is 44.0. The van der Waals surface area contributed by atoms with E-state index in [-0.39, 0.29) is 46.7 Å². The van der Waals surface area contributed by atoms with Gasteiger partial charge in [-0.1, -0.05) is 0 Å². The van der Waals surface area contributed by atoms with Crippen LogP contribution in [0.3, 0.4) is 0 Å². The minimum atomic E-state index is -1.44. The van der Waals surface area contributed by atoms with Crippen LogP contribution in [0.4, 0.5) is 10.1 Å². The zero-order valence-electron chi connectivity index (χ0n) is 22.0. The fourth-order valence-electron chi connectivity index (χ4n) is 3.69. The van der Waals surface area contributed by atoms with Gasteiger partial charge in [-0.2, -0.15) is 0 Å². The first-order valence-corrected chi connectivity index (χ1v) is 11.7. The van der Waals surface area contributed by atoms with Crippen molar-refractivity contribution in [3.8, 4) is 5.75 Å². The van der Waals surface area contributed by atoms with E-state index in [4.69, 9.17) is 14.9 Å². The molecule has 210 valence electrons. The number of aromatic nitrogens is 1. The number of hydrogen-bond acceptors (Lipinski definition) is 11. The van der Waals surface area contributed by atoms with Crippen LogP contribution in [-0.2, 0) is 9.59 Å². The number of halogens is 1. The van der Waals surface area contributed by atoms with E-state index in [9.17, 15) is 38.9 Å². The molecule has 2 aliphatic rings. The molecule has 13 nitrogen and oxygen atoms in total. The molecule has 0 aliphatic carbocycles. The van der Waals surface area contributed by atoms with Crippen molar-refractivity contribution in [2.75, 3.05) is 44.7 Å². The van der Waals surface area contributed by atoms with Crippen LogP contribution >= 0.6 is 0 Å². The number of pyridine rings is 1. The van der Waals surface area contributed by atoms with Gasteiger partial charge in [-0.3, -0.25) is 4.79 Å². The summed E-state index contributed by atoms with van der Waals surface area (Å²) >= 11 is 0. The van der Waals surface area contributed by atoms with Gasteiger partial charge in [0, 0.05) is 32.4 Å². The van der Waals surface area contributed by atoms with Crippen molar-refractivity contribution in [3.05, 3.63) is 33.9 Å². The molecule has 0 bridgehead atoms. The molecule has 4 rings (SSSR count). The molecular formula is C24H30FMgN3O10. The number of nitrogens with zero attached hydrogens (tertiary/aromatic N) is 3. The van der Waals surface area contributed by atoms with Crippen LogP contribution in [0.15, 0.2) is 17.1 Å². The van der Waals surface area contributed by atoms with Gasteiger partial charge >= 0.3 is 29.0 Å². The first-order chi connectivity index (χ1) is 17.7. The number of carboxylic acid groups (broad SMARTS) is 3. The maximum absolute atomic E-state index is 15.0. The molecule has 1 fully saturated rings. The Bertz CT molecular complexity index is 1240. The zero-order valence-corrected chi connectivity index (χ0v) is 23.5. The van der Waals surface area contributed by atoms with E-state index in [0.29, 0.717) is 30.0 Å². The molecule has 3 atom stereocenters. The normalized spacial score (nSPS) is 17.7. The summed E-state index contributed by atoms with van der Waals surface area (Å²) in [6.07, 6.45) is -1.34. The van der Waals surface area contributed by atoms with E-state index < -0.39 is 41.4 Å².